The lowest BCUT2D eigenvalue weighted by molar-refractivity contribution is -0.135. The number of methoxy groups -OCH3 is 1. The van der Waals surface area contributed by atoms with Crippen molar-refractivity contribution in [3.05, 3.63) is 52.0 Å². The molecular weight excluding hydrogens is 538 g/mol. The van der Waals surface area contributed by atoms with Gasteiger partial charge in [0.25, 0.3) is 0 Å². The summed E-state index contributed by atoms with van der Waals surface area (Å²) in [5, 5.41) is 0.636. The van der Waals surface area contributed by atoms with E-state index in [0.717, 1.165) is 24.3 Å². The molecule has 1 saturated heterocycles. The van der Waals surface area contributed by atoms with Crippen LogP contribution < -0.4 is 9.64 Å². The van der Waals surface area contributed by atoms with Gasteiger partial charge in [0.1, 0.15) is 12.4 Å². The molecule has 1 heterocycles. The number of nitrogens with zero attached hydrogens (tertiary/aromatic N) is 3. The molecular formula is C29H42ClN3O5S. The smallest absolute Gasteiger partial charge is 0.248 e. The number of ether oxygens (including phenoxy) is 2. The monoisotopic (exact) mass is 579 g/mol. The number of rotatable bonds is 12. The van der Waals surface area contributed by atoms with Gasteiger partial charge in [-0.3, -0.25) is 4.79 Å². The molecule has 0 aromatic heterocycles. The molecule has 1 amide bonds. The number of hydrogen-bond donors (Lipinski definition) is 0. The normalized spacial score (nSPS) is 15.8. The number of carbonyl (C=O) groups is 1. The van der Waals surface area contributed by atoms with Crippen LogP contribution >= 0.6 is 11.6 Å². The van der Waals surface area contributed by atoms with Crippen molar-refractivity contribution in [2.75, 3.05) is 59.0 Å². The van der Waals surface area contributed by atoms with Crippen LogP contribution in [0.15, 0.2) is 35.2 Å². The van der Waals surface area contributed by atoms with E-state index in [4.69, 9.17) is 21.1 Å². The standard InChI is InChI=1S/C29H42ClN3O5S/c1-20(2)23-10-11-33(18-23)25-9-8-24(27(30)16-25)17-31(5)28(34)19-38-13-12-32(6)39(35,36)29-21(3)14-26(37-7)15-22(29)4/h8-9,14-16,20,23H,10-13,17-19H2,1-7H3. The fourth-order valence-electron chi connectivity index (χ4n) is 4.94. The second-order valence-electron chi connectivity index (χ2n) is 10.7. The van der Waals surface area contributed by atoms with Crippen molar-refractivity contribution in [2.45, 2.75) is 45.6 Å². The molecule has 1 atom stereocenters. The number of likely N-dealkylation sites (N-methyl/N-ethyl adjacent to an activating group) is 2. The Morgan fingerprint density at radius 2 is 1.82 bits per heavy atom. The molecule has 216 valence electrons. The van der Waals surface area contributed by atoms with Gasteiger partial charge in [-0.05, 0) is 73.1 Å². The first kappa shape index (κ1) is 31.2. The van der Waals surface area contributed by atoms with E-state index in [-0.39, 0.29) is 30.6 Å². The molecule has 0 radical (unpaired) electrons. The lowest BCUT2D eigenvalue weighted by Gasteiger charge is -2.23. The number of sulfonamides is 1. The Kier molecular flexibility index (Phi) is 10.7. The molecule has 39 heavy (non-hydrogen) atoms. The van der Waals surface area contributed by atoms with Gasteiger partial charge < -0.3 is 19.3 Å². The summed E-state index contributed by atoms with van der Waals surface area (Å²) < 4.78 is 38.3. The first-order valence-electron chi connectivity index (χ1n) is 13.3. The third-order valence-corrected chi connectivity index (χ3v) is 10.0. The zero-order valence-corrected chi connectivity index (χ0v) is 25.7. The highest BCUT2D eigenvalue weighted by Gasteiger charge is 2.26. The van der Waals surface area contributed by atoms with Crippen molar-refractivity contribution in [3.8, 4) is 5.75 Å². The van der Waals surface area contributed by atoms with Crippen LogP contribution in [0.2, 0.25) is 5.02 Å². The van der Waals surface area contributed by atoms with Crippen LogP contribution in [0.25, 0.3) is 0 Å². The third-order valence-electron chi connectivity index (χ3n) is 7.52. The Labute approximate surface area is 238 Å². The van der Waals surface area contributed by atoms with E-state index in [1.807, 2.05) is 12.1 Å². The maximum Gasteiger partial charge on any atom is 0.248 e. The van der Waals surface area contributed by atoms with Crippen molar-refractivity contribution in [3.63, 3.8) is 0 Å². The van der Waals surface area contributed by atoms with Crippen molar-refractivity contribution in [1.29, 1.82) is 0 Å². The molecule has 1 aliphatic heterocycles. The second-order valence-corrected chi connectivity index (χ2v) is 13.1. The number of aryl methyl sites for hydroxylation is 2. The van der Waals surface area contributed by atoms with Crippen molar-refractivity contribution < 1.29 is 22.7 Å². The number of benzene rings is 2. The van der Waals surface area contributed by atoms with E-state index in [2.05, 4.69) is 24.8 Å². The van der Waals surface area contributed by atoms with Crippen LogP contribution in [0, 0.1) is 25.7 Å². The number of halogens is 1. The molecule has 0 bridgehead atoms. The van der Waals surface area contributed by atoms with E-state index in [9.17, 15) is 13.2 Å². The minimum absolute atomic E-state index is 0.0895. The summed E-state index contributed by atoms with van der Waals surface area (Å²) in [4.78, 5) is 16.8. The highest BCUT2D eigenvalue weighted by atomic mass is 35.5. The maximum atomic E-state index is 13.1. The Morgan fingerprint density at radius 1 is 1.15 bits per heavy atom. The SMILES string of the molecule is COc1cc(C)c(S(=O)(=O)N(C)CCOCC(=O)N(C)Cc2ccc(N3CCC(C(C)C)C3)cc2Cl)c(C)c1. The second kappa shape index (κ2) is 13.4. The molecule has 1 aliphatic rings. The van der Waals surface area contributed by atoms with Gasteiger partial charge in [0.05, 0.1) is 18.6 Å². The van der Waals surface area contributed by atoms with Crippen molar-refractivity contribution in [2.24, 2.45) is 11.8 Å². The summed E-state index contributed by atoms with van der Waals surface area (Å²) in [7, 11) is 1.04. The molecule has 0 N–H and O–H groups in total. The fraction of sp³-hybridized carbons (Fsp3) is 0.552. The Bertz CT molecular complexity index is 1240. The van der Waals surface area contributed by atoms with E-state index in [1.165, 1.54) is 17.8 Å². The van der Waals surface area contributed by atoms with Crippen LogP contribution in [-0.2, 0) is 26.1 Å². The summed E-state index contributed by atoms with van der Waals surface area (Å²) in [6.45, 7) is 10.5. The quantitative estimate of drug-likeness (QED) is 0.338. The Morgan fingerprint density at radius 3 is 2.38 bits per heavy atom. The highest BCUT2D eigenvalue weighted by Crippen LogP contribution is 2.31. The molecule has 0 saturated carbocycles. The molecule has 2 aromatic rings. The van der Waals surface area contributed by atoms with Crippen molar-refractivity contribution in [1.82, 2.24) is 9.21 Å². The molecule has 3 rings (SSSR count). The molecule has 8 nitrogen and oxygen atoms in total. The Balaban J connectivity index is 1.49. The average molecular weight is 580 g/mol. The van der Waals surface area contributed by atoms with Crippen LogP contribution in [0.1, 0.15) is 37.0 Å². The summed E-state index contributed by atoms with van der Waals surface area (Å²) in [6, 6.07) is 9.44. The van der Waals surface area contributed by atoms with E-state index < -0.39 is 10.0 Å². The predicted octanol–water partition coefficient (Wildman–Crippen LogP) is 4.74. The van der Waals surface area contributed by atoms with E-state index in [1.54, 1.807) is 45.0 Å². The summed E-state index contributed by atoms with van der Waals surface area (Å²) in [6.07, 6.45) is 1.19. The van der Waals surface area contributed by atoms with E-state index in [0.29, 0.717) is 40.3 Å². The number of amides is 1. The van der Waals surface area contributed by atoms with Gasteiger partial charge in [-0.25, -0.2) is 8.42 Å². The maximum absolute atomic E-state index is 13.1. The van der Waals surface area contributed by atoms with Crippen LogP contribution in [0.3, 0.4) is 0 Å². The van der Waals surface area contributed by atoms with E-state index >= 15 is 0 Å². The Hall–Kier alpha value is -2.33. The van der Waals surface area contributed by atoms with Crippen LogP contribution in [0.4, 0.5) is 5.69 Å². The van der Waals surface area contributed by atoms with Crippen LogP contribution in [-0.4, -0.2) is 77.6 Å². The first-order chi connectivity index (χ1) is 18.3. The predicted molar refractivity (Wildman–Crippen MR) is 156 cm³/mol. The molecule has 0 aliphatic carbocycles. The zero-order chi connectivity index (χ0) is 28.9. The summed E-state index contributed by atoms with van der Waals surface area (Å²) in [5.41, 5.74) is 3.21. The van der Waals surface area contributed by atoms with Crippen molar-refractivity contribution >= 4 is 33.2 Å². The lowest BCUT2D eigenvalue weighted by Crippen LogP contribution is -2.33. The minimum Gasteiger partial charge on any atom is -0.497 e. The largest absolute Gasteiger partial charge is 0.497 e. The molecule has 10 heteroatoms. The minimum atomic E-state index is -3.72. The lowest BCUT2D eigenvalue weighted by atomic mass is 9.95. The van der Waals surface area contributed by atoms with Gasteiger partial charge in [0.15, 0.2) is 0 Å². The third kappa shape index (κ3) is 7.66. The zero-order valence-electron chi connectivity index (χ0n) is 24.2. The topological polar surface area (TPSA) is 79.4 Å². The van der Waals surface area contributed by atoms with Gasteiger partial charge in [0.2, 0.25) is 15.9 Å². The molecule has 1 fully saturated rings. The van der Waals surface area contributed by atoms with Crippen LogP contribution in [0.5, 0.6) is 5.75 Å². The van der Waals surface area contributed by atoms with Gasteiger partial charge in [0, 0.05) is 51.0 Å². The summed E-state index contributed by atoms with van der Waals surface area (Å²) >= 11 is 6.58. The highest BCUT2D eigenvalue weighted by molar-refractivity contribution is 7.89. The first-order valence-corrected chi connectivity index (χ1v) is 15.1. The molecule has 0 spiro atoms. The number of carbonyl (C=O) groups excluding carboxylic acids is 1. The fourth-order valence-corrected chi connectivity index (χ4v) is 6.74. The van der Waals surface area contributed by atoms with Gasteiger partial charge in [-0.2, -0.15) is 4.31 Å². The van der Waals surface area contributed by atoms with Gasteiger partial charge in [-0.15, -0.1) is 0 Å². The van der Waals surface area contributed by atoms with Gasteiger partial charge >= 0.3 is 0 Å². The molecule has 1 unspecified atom stereocenters. The van der Waals surface area contributed by atoms with Gasteiger partial charge in [-0.1, -0.05) is 31.5 Å². The molecule has 2 aromatic carbocycles. The average Bonchev–Trinajstić information content (AvgIpc) is 3.37. The number of anilines is 1. The number of hydrogen-bond acceptors (Lipinski definition) is 6. The summed E-state index contributed by atoms with van der Waals surface area (Å²) in [5.74, 6) is 1.77.